The fourth-order valence-electron chi connectivity index (χ4n) is 3.58. The quantitative estimate of drug-likeness (QED) is 0.679. The van der Waals surface area contributed by atoms with E-state index in [9.17, 15) is 0 Å². The molecule has 0 saturated heterocycles. The van der Waals surface area contributed by atoms with Crippen molar-refractivity contribution in [3.8, 4) is 11.5 Å². The highest BCUT2D eigenvalue weighted by Gasteiger charge is 2.25. The van der Waals surface area contributed by atoms with Gasteiger partial charge < -0.3 is 4.52 Å². The third-order valence-corrected chi connectivity index (χ3v) is 4.99. The Morgan fingerprint density at radius 1 is 1.13 bits per heavy atom. The van der Waals surface area contributed by atoms with Crippen LogP contribution < -0.4 is 0 Å². The Kier molecular flexibility index (Phi) is 5.42. The third-order valence-electron chi connectivity index (χ3n) is 4.99. The molecule has 4 nitrogen and oxygen atoms in total. The van der Waals surface area contributed by atoms with Crippen LogP contribution in [-0.4, -0.2) is 15.1 Å². The molecule has 4 heteroatoms. The zero-order valence-corrected chi connectivity index (χ0v) is 14.3. The number of hydrogen-bond donors (Lipinski definition) is 0. The summed E-state index contributed by atoms with van der Waals surface area (Å²) in [5.74, 6) is 2.85. The van der Waals surface area contributed by atoms with Crippen molar-refractivity contribution in [2.75, 3.05) is 0 Å². The highest BCUT2D eigenvalue weighted by Crippen LogP contribution is 2.37. The van der Waals surface area contributed by atoms with E-state index in [1.54, 1.807) is 6.20 Å². The molecule has 124 valence electrons. The second-order valence-electron chi connectivity index (χ2n) is 6.92. The molecule has 1 fully saturated rings. The molecule has 0 aliphatic heterocycles. The molecule has 0 unspecified atom stereocenters. The third kappa shape index (κ3) is 4.18. The van der Waals surface area contributed by atoms with Gasteiger partial charge in [0.05, 0.1) is 5.56 Å². The highest BCUT2D eigenvalue weighted by molar-refractivity contribution is 5.51. The zero-order valence-electron chi connectivity index (χ0n) is 14.3. The SMILES string of the molecule is CCCCC[C@H]1CC[C@H](c2noc(-c3cncc(C)c3)n2)CC1. The largest absolute Gasteiger partial charge is 0.334 e. The second-order valence-corrected chi connectivity index (χ2v) is 6.92. The van der Waals surface area contributed by atoms with Crippen LogP contribution in [0, 0.1) is 12.8 Å². The van der Waals surface area contributed by atoms with Crippen molar-refractivity contribution in [3.63, 3.8) is 0 Å². The Bertz CT molecular complexity index is 615. The highest BCUT2D eigenvalue weighted by atomic mass is 16.5. The van der Waals surface area contributed by atoms with Crippen LogP contribution in [0.1, 0.15) is 75.6 Å². The Labute approximate surface area is 138 Å². The summed E-state index contributed by atoms with van der Waals surface area (Å²) in [4.78, 5) is 8.83. The smallest absolute Gasteiger partial charge is 0.259 e. The van der Waals surface area contributed by atoms with E-state index < -0.39 is 0 Å². The van der Waals surface area contributed by atoms with E-state index >= 15 is 0 Å². The van der Waals surface area contributed by atoms with Gasteiger partial charge in [-0.25, -0.2) is 0 Å². The molecule has 0 radical (unpaired) electrons. The van der Waals surface area contributed by atoms with Crippen LogP contribution >= 0.6 is 0 Å². The molecule has 2 aromatic rings. The van der Waals surface area contributed by atoms with Crippen molar-refractivity contribution in [2.24, 2.45) is 5.92 Å². The van der Waals surface area contributed by atoms with Crippen molar-refractivity contribution in [3.05, 3.63) is 29.8 Å². The Morgan fingerprint density at radius 3 is 2.70 bits per heavy atom. The van der Waals surface area contributed by atoms with E-state index in [0.717, 1.165) is 22.9 Å². The van der Waals surface area contributed by atoms with Crippen molar-refractivity contribution in [2.45, 2.75) is 71.1 Å². The molecule has 0 spiro atoms. The Morgan fingerprint density at radius 2 is 1.96 bits per heavy atom. The number of hydrogen-bond acceptors (Lipinski definition) is 4. The Balaban J connectivity index is 1.57. The average molecular weight is 313 g/mol. The van der Waals surface area contributed by atoms with Crippen molar-refractivity contribution >= 4 is 0 Å². The predicted octanol–water partition coefficient (Wildman–Crippen LogP) is 5.29. The fraction of sp³-hybridized carbons (Fsp3) is 0.632. The van der Waals surface area contributed by atoms with Crippen LogP contribution in [0.15, 0.2) is 23.0 Å². The summed E-state index contributed by atoms with van der Waals surface area (Å²) >= 11 is 0. The number of aromatic nitrogens is 3. The molecule has 2 heterocycles. The summed E-state index contributed by atoms with van der Waals surface area (Å²) in [6.45, 7) is 4.29. The van der Waals surface area contributed by atoms with Gasteiger partial charge in [-0.15, -0.1) is 0 Å². The molecule has 1 saturated carbocycles. The minimum Gasteiger partial charge on any atom is -0.334 e. The normalized spacial score (nSPS) is 21.5. The molecule has 0 atom stereocenters. The van der Waals surface area contributed by atoms with Crippen LogP contribution in [0.2, 0.25) is 0 Å². The molecule has 2 aromatic heterocycles. The van der Waals surface area contributed by atoms with Crippen molar-refractivity contribution < 1.29 is 4.52 Å². The van der Waals surface area contributed by atoms with Gasteiger partial charge in [0.15, 0.2) is 5.82 Å². The van der Waals surface area contributed by atoms with Gasteiger partial charge in [-0.05, 0) is 50.2 Å². The van der Waals surface area contributed by atoms with E-state index in [0.29, 0.717) is 11.8 Å². The predicted molar refractivity (Wildman–Crippen MR) is 91.1 cm³/mol. The summed E-state index contributed by atoms with van der Waals surface area (Å²) in [5, 5.41) is 4.23. The molecule has 0 bridgehead atoms. The lowest BCUT2D eigenvalue weighted by Gasteiger charge is -2.26. The first-order valence-corrected chi connectivity index (χ1v) is 9.02. The minimum absolute atomic E-state index is 0.465. The van der Waals surface area contributed by atoms with Crippen LogP contribution in [0.4, 0.5) is 0 Å². The first-order chi connectivity index (χ1) is 11.3. The summed E-state index contributed by atoms with van der Waals surface area (Å²) in [7, 11) is 0. The van der Waals surface area contributed by atoms with Gasteiger partial charge in [0.2, 0.25) is 0 Å². The molecule has 3 rings (SSSR count). The first-order valence-electron chi connectivity index (χ1n) is 9.02. The maximum Gasteiger partial charge on any atom is 0.259 e. The molecule has 0 aromatic carbocycles. The van der Waals surface area contributed by atoms with Gasteiger partial charge in [0, 0.05) is 18.3 Å². The summed E-state index contributed by atoms with van der Waals surface area (Å²) in [5.41, 5.74) is 2.02. The maximum atomic E-state index is 5.46. The zero-order chi connectivity index (χ0) is 16.1. The van der Waals surface area contributed by atoms with Crippen LogP contribution in [0.5, 0.6) is 0 Å². The summed E-state index contributed by atoms with van der Waals surface area (Å²) in [6, 6.07) is 2.04. The minimum atomic E-state index is 0.465. The summed E-state index contributed by atoms with van der Waals surface area (Å²) in [6.07, 6.45) is 14.1. The van der Waals surface area contributed by atoms with Crippen molar-refractivity contribution in [1.82, 2.24) is 15.1 Å². The van der Waals surface area contributed by atoms with Gasteiger partial charge >= 0.3 is 0 Å². The molecular weight excluding hydrogens is 286 g/mol. The number of rotatable bonds is 6. The standard InChI is InChI=1S/C19H27N3O/c1-3-4-5-6-15-7-9-16(10-8-15)18-21-19(23-22-18)17-11-14(2)12-20-13-17/h11-13,15-16H,3-10H2,1-2H3/t15-,16-. The van der Waals surface area contributed by atoms with Gasteiger partial charge in [0.1, 0.15) is 0 Å². The molecule has 0 N–H and O–H groups in total. The molecular formula is C19H27N3O. The number of unbranched alkanes of at least 4 members (excludes halogenated alkanes) is 2. The van der Waals surface area contributed by atoms with Gasteiger partial charge in [-0.3, -0.25) is 4.98 Å². The van der Waals surface area contributed by atoms with Crippen LogP contribution in [0.3, 0.4) is 0 Å². The van der Waals surface area contributed by atoms with E-state index in [4.69, 9.17) is 4.52 Å². The monoisotopic (exact) mass is 313 g/mol. The van der Waals surface area contributed by atoms with E-state index in [-0.39, 0.29) is 0 Å². The maximum absolute atomic E-state index is 5.46. The van der Waals surface area contributed by atoms with Crippen LogP contribution in [-0.2, 0) is 0 Å². The van der Waals surface area contributed by atoms with E-state index in [2.05, 4.69) is 22.0 Å². The fourth-order valence-corrected chi connectivity index (χ4v) is 3.58. The van der Waals surface area contributed by atoms with E-state index in [1.165, 1.54) is 51.4 Å². The summed E-state index contributed by atoms with van der Waals surface area (Å²) < 4.78 is 5.46. The lowest BCUT2D eigenvalue weighted by atomic mass is 9.79. The Hall–Kier alpha value is -1.71. The lowest BCUT2D eigenvalue weighted by Crippen LogP contribution is -2.14. The molecule has 1 aliphatic rings. The molecule has 1 aliphatic carbocycles. The topological polar surface area (TPSA) is 51.8 Å². The number of pyridine rings is 1. The first kappa shape index (κ1) is 16.2. The lowest BCUT2D eigenvalue weighted by molar-refractivity contribution is 0.292. The van der Waals surface area contributed by atoms with Gasteiger partial charge in [0.25, 0.3) is 5.89 Å². The van der Waals surface area contributed by atoms with E-state index in [1.807, 2.05) is 19.2 Å². The molecule has 23 heavy (non-hydrogen) atoms. The number of aryl methyl sites for hydroxylation is 1. The average Bonchev–Trinajstić information content (AvgIpc) is 3.06. The van der Waals surface area contributed by atoms with Crippen molar-refractivity contribution in [1.29, 1.82) is 0 Å². The second kappa shape index (κ2) is 7.71. The van der Waals surface area contributed by atoms with Gasteiger partial charge in [-0.2, -0.15) is 4.98 Å². The van der Waals surface area contributed by atoms with Gasteiger partial charge in [-0.1, -0.05) is 37.8 Å². The molecule has 0 amide bonds. The number of nitrogens with zero attached hydrogens (tertiary/aromatic N) is 3. The van der Waals surface area contributed by atoms with Crippen LogP contribution in [0.25, 0.3) is 11.5 Å².